The van der Waals surface area contributed by atoms with Crippen LogP contribution in [0.5, 0.6) is 0 Å². The third kappa shape index (κ3) is 4.52. The summed E-state index contributed by atoms with van der Waals surface area (Å²) >= 11 is 0. The van der Waals surface area contributed by atoms with Crippen LogP contribution in [0.15, 0.2) is 30.5 Å². The summed E-state index contributed by atoms with van der Waals surface area (Å²) in [5, 5.41) is 13.7. The number of carbonyl (C=O) groups is 1. The van der Waals surface area contributed by atoms with E-state index in [0.29, 0.717) is 6.61 Å². The van der Waals surface area contributed by atoms with Gasteiger partial charge in [0.05, 0.1) is 24.8 Å². The van der Waals surface area contributed by atoms with Crippen molar-refractivity contribution < 1.29 is 14.6 Å². The first-order chi connectivity index (χ1) is 11.8. The van der Waals surface area contributed by atoms with Crippen LogP contribution in [-0.4, -0.2) is 54.0 Å². The first-order valence-electron chi connectivity index (χ1n) is 8.50. The lowest BCUT2D eigenvalue weighted by Crippen LogP contribution is -2.48. The number of hydrogen-bond acceptors (Lipinski definition) is 3. The third-order valence-corrected chi connectivity index (χ3v) is 4.52. The van der Waals surface area contributed by atoms with E-state index in [0.717, 1.165) is 23.1 Å². The minimum absolute atomic E-state index is 0.0771. The van der Waals surface area contributed by atoms with Gasteiger partial charge in [-0.3, -0.25) is 0 Å². The fourth-order valence-corrected chi connectivity index (χ4v) is 2.98. The zero-order valence-corrected chi connectivity index (χ0v) is 15.7. The molecule has 6 heteroatoms. The monoisotopic (exact) mass is 347 g/mol. The van der Waals surface area contributed by atoms with Crippen LogP contribution in [0.2, 0.25) is 0 Å². The average Bonchev–Trinajstić information content (AvgIpc) is 2.94. The minimum Gasteiger partial charge on any atom is -0.394 e. The number of carbonyl (C=O) groups excluding carboxylic acids is 1. The molecule has 1 aromatic carbocycles. The largest absolute Gasteiger partial charge is 0.394 e. The van der Waals surface area contributed by atoms with Crippen molar-refractivity contribution in [3.8, 4) is 0 Å². The summed E-state index contributed by atoms with van der Waals surface area (Å²) in [5.41, 5.74) is 1.57. The van der Waals surface area contributed by atoms with E-state index < -0.39 is 0 Å². The lowest BCUT2D eigenvalue weighted by atomic mass is 9.86. The van der Waals surface area contributed by atoms with E-state index >= 15 is 0 Å². The Balaban J connectivity index is 2.17. The maximum atomic E-state index is 12.6. The van der Waals surface area contributed by atoms with Gasteiger partial charge in [-0.1, -0.05) is 26.8 Å². The first kappa shape index (κ1) is 19.3. The van der Waals surface area contributed by atoms with Crippen LogP contribution in [0.1, 0.15) is 20.8 Å². The van der Waals surface area contributed by atoms with E-state index in [4.69, 9.17) is 4.74 Å². The van der Waals surface area contributed by atoms with Gasteiger partial charge < -0.3 is 24.6 Å². The highest BCUT2D eigenvalue weighted by atomic mass is 16.5. The summed E-state index contributed by atoms with van der Waals surface area (Å²) in [6, 6.07) is 7.39. The van der Waals surface area contributed by atoms with Crippen LogP contribution in [-0.2, 0) is 11.3 Å². The number of hydrogen-bond donors (Lipinski definition) is 2. The number of anilines is 1. The number of benzene rings is 1. The molecule has 138 valence electrons. The second kappa shape index (κ2) is 7.89. The van der Waals surface area contributed by atoms with Gasteiger partial charge in [-0.25, -0.2) is 4.79 Å². The number of urea groups is 1. The molecular formula is C19H29N3O3. The zero-order chi connectivity index (χ0) is 18.6. The number of amides is 2. The van der Waals surface area contributed by atoms with Gasteiger partial charge in [-0.15, -0.1) is 0 Å². The lowest BCUT2D eigenvalue weighted by molar-refractivity contribution is 0.0886. The van der Waals surface area contributed by atoms with Gasteiger partial charge in [0.2, 0.25) is 0 Å². The SMILES string of the molecule is COCCn1ccc2ccc(NC(=O)N(C)C(CO)C(C)(C)C)cc21. The normalized spacial score (nSPS) is 13.0. The van der Waals surface area contributed by atoms with E-state index in [1.807, 2.05) is 51.2 Å². The molecule has 2 rings (SSSR count). The van der Waals surface area contributed by atoms with Crippen molar-refractivity contribution in [2.45, 2.75) is 33.4 Å². The number of ether oxygens (including phenoxy) is 1. The van der Waals surface area contributed by atoms with Gasteiger partial charge in [-0.2, -0.15) is 0 Å². The van der Waals surface area contributed by atoms with Crippen molar-refractivity contribution in [1.82, 2.24) is 9.47 Å². The van der Waals surface area contributed by atoms with Gasteiger partial charge in [0, 0.05) is 32.6 Å². The fourth-order valence-electron chi connectivity index (χ4n) is 2.98. The molecule has 1 heterocycles. The number of likely N-dealkylation sites (N-methyl/N-ethyl adjacent to an activating group) is 1. The Bertz CT molecular complexity index is 718. The summed E-state index contributed by atoms with van der Waals surface area (Å²) < 4.78 is 7.24. The van der Waals surface area contributed by atoms with Gasteiger partial charge >= 0.3 is 6.03 Å². The number of aliphatic hydroxyl groups is 1. The molecular weight excluding hydrogens is 318 g/mol. The molecule has 1 unspecified atom stereocenters. The highest BCUT2D eigenvalue weighted by Crippen LogP contribution is 2.25. The van der Waals surface area contributed by atoms with Crippen molar-refractivity contribution in [3.05, 3.63) is 30.5 Å². The van der Waals surface area contributed by atoms with Gasteiger partial charge in [0.15, 0.2) is 0 Å². The molecule has 0 saturated heterocycles. The maximum Gasteiger partial charge on any atom is 0.321 e. The standard InChI is InChI=1S/C19H29N3O3/c1-19(2,3)17(13-23)21(4)18(24)20-15-7-6-14-8-9-22(10-11-25-5)16(14)12-15/h6-9,12,17,23H,10-11,13H2,1-5H3,(H,20,24). The molecule has 6 nitrogen and oxygen atoms in total. The second-order valence-corrected chi connectivity index (χ2v) is 7.38. The molecule has 1 atom stereocenters. The molecule has 0 aliphatic rings. The van der Waals surface area contributed by atoms with Crippen molar-refractivity contribution in [3.63, 3.8) is 0 Å². The molecule has 2 aromatic rings. The Morgan fingerprint density at radius 1 is 1.36 bits per heavy atom. The van der Waals surface area contributed by atoms with Crippen LogP contribution in [0.4, 0.5) is 10.5 Å². The number of rotatable bonds is 6. The quantitative estimate of drug-likeness (QED) is 0.843. The molecule has 2 N–H and O–H groups in total. The predicted octanol–water partition coefficient (Wildman–Crippen LogP) is 3.16. The first-order valence-corrected chi connectivity index (χ1v) is 8.50. The van der Waals surface area contributed by atoms with E-state index in [9.17, 15) is 9.90 Å². The third-order valence-electron chi connectivity index (χ3n) is 4.52. The minimum atomic E-state index is -0.262. The van der Waals surface area contributed by atoms with Crippen LogP contribution in [0.3, 0.4) is 0 Å². The summed E-state index contributed by atoms with van der Waals surface area (Å²) in [7, 11) is 3.39. The second-order valence-electron chi connectivity index (χ2n) is 7.38. The number of nitrogens with zero attached hydrogens (tertiary/aromatic N) is 2. The molecule has 0 aliphatic carbocycles. The molecule has 0 spiro atoms. The highest BCUT2D eigenvalue weighted by molar-refractivity contribution is 5.93. The van der Waals surface area contributed by atoms with E-state index in [-0.39, 0.29) is 24.1 Å². The number of methoxy groups -OCH3 is 1. The maximum absolute atomic E-state index is 12.6. The molecule has 0 bridgehead atoms. The van der Waals surface area contributed by atoms with Crippen LogP contribution >= 0.6 is 0 Å². The molecule has 2 amide bonds. The van der Waals surface area contributed by atoms with Gasteiger partial charge in [0.1, 0.15) is 0 Å². The van der Waals surface area contributed by atoms with Crippen LogP contribution in [0, 0.1) is 5.41 Å². The Morgan fingerprint density at radius 2 is 2.08 bits per heavy atom. The number of aliphatic hydroxyl groups excluding tert-OH is 1. The molecule has 25 heavy (non-hydrogen) atoms. The molecule has 1 aromatic heterocycles. The topological polar surface area (TPSA) is 66.7 Å². The smallest absolute Gasteiger partial charge is 0.321 e. The summed E-state index contributed by atoms with van der Waals surface area (Å²) in [6.45, 7) is 7.33. The Morgan fingerprint density at radius 3 is 2.68 bits per heavy atom. The van der Waals surface area contributed by atoms with Crippen LogP contribution < -0.4 is 5.32 Å². The van der Waals surface area contributed by atoms with Gasteiger partial charge in [-0.05, 0) is 29.0 Å². The van der Waals surface area contributed by atoms with Crippen molar-refractivity contribution in [1.29, 1.82) is 0 Å². The summed E-state index contributed by atoms with van der Waals surface area (Å²) in [4.78, 5) is 14.1. The number of aromatic nitrogens is 1. The van der Waals surface area contributed by atoms with Crippen molar-refractivity contribution in [2.75, 3.05) is 32.7 Å². The Kier molecular flexibility index (Phi) is 6.08. The van der Waals surface area contributed by atoms with Crippen molar-refractivity contribution >= 4 is 22.6 Å². The number of fused-ring (bicyclic) bond motifs is 1. The molecule has 0 saturated carbocycles. The lowest BCUT2D eigenvalue weighted by Gasteiger charge is -2.36. The van der Waals surface area contributed by atoms with E-state index in [1.54, 1.807) is 19.1 Å². The molecule has 0 fully saturated rings. The summed E-state index contributed by atoms with van der Waals surface area (Å²) in [5.74, 6) is 0. The molecule has 0 radical (unpaired) electrons. The fraction of sp³-hybridized carbons (Fsp3) is 0.526. The Labute approximate surface area is 149 Å². The van der Waals surface area contributed by atoms with E-state index in [2.05, 4.69) is 9.88 Å². The van der Waals surface area contributed by atoms with Crippen molar-refractivity contribution in [2.24, 2.45) is 5.41 Å². The highest BCUT2D eigenvalue weighted by Gasteiger charge is 2.30. The van der Waals surface area contributed by atoms with Gasteiger partial charge in [0.25, 0.3) is 0 Å². The Hall–Kier alpha value is -2.05. The van der Waals surface area contributed by atoms with Crippen LogP contribution in [0.25, 0.3) is 10.9 Å². The number of nitrogens with one attached hydrogen (secondary N) is 1. The summed E-state index contributed by atoms with van der Waals surface area (Å²) in [6.07, 6.45) is 2.02. The van der Waals surface area contributed by atoms with E-state index in [1.165, 1.54) is 0 Å². The average molecular weight is 347 g/mol. The zero-order valence-electron chi connectivity index (χ0n) is 15.7. The predicted molar refractivity (Wildman–Crippen MR) is 101 cm³/mol. The molecule has 0 aliphatic heterocycles.